The molecule has 3 aliphatic heterocycles. The number of hydrogen-bond acceptors (Lipinski definition) is 4. The van der Waals surface area contributed by atoms with Crippen LogP contribution in [0.15, 0.2) is 48.5 Å². The number of imide groups is 1. The normalized spacial score (nSPS) is 25.5. The van der Waals surface area contributed by atoms with E-state index >= 15 is 0 Å². The predicted molar refractivity (Wildman–Crippen MR) is 124 cm³/mol. The number of hydrogen-bond donors (Lipinski definition) is 1. The Bertz CT molecular complexity index is 1320. The topological polar surface area (TPSA) is 86.8 Å². The Balaban J connectivity index is 1.15. The van der Waals surface area contributed by atoms with Gasteiger partial charge in [-0.1, -0.05) is 18.2 Å². The van der Waals surface area contributed by atoms with Gasteiger partial charge in [0.2, 0.25) is 11.8 Å². The van der Waals surface area contributed by atoms with Crippen molar-refractivity contribution in [1.82, 2.24) is 15.1 Å². The Morgan fingerprint density at radius 3 is 2.60 bits per heavy atom. The minimum absolute atomic E-state index is 0.0331. The van der Waals surface area contributed by atoms with Gasteiger partial charge in [-0.25, -0.2) is 4.39 Å². The lowest BCUT2D eigenvalue weighted by Gasteiger charge is -2.36. The summed E-state index contributed by atoms with van der Waals surface area (Å²) in [4.78, 5) is 53.2. The Labute approximate surface area is 201 Å². The Morgan fingerprint density at radius 1 is 1.09 bits per heavy atom. The highest BCUT2D eigenvalue weighted by molar-refractivity contribution is 6.06. The van der Waals surface area contributed by atoms with E-state index in [1.807, 2.05) is 4.90 Å². The highest BCUT2D eigenvalue weighted by atomic mass is 19.1. The maximum Gasteiger partial charge on any atom is 0.255 e. The smallest absolute Gasteiger partial charge is 0.255 e. The Kier molecular flexibility index (Phi) is 4.88. The van der Waals surface area contributed by atoms with E-state index in [1.165, 1.54) is 22.6 Å². The molecule has 4 aliphatic rings. The first-order valence-corrected chi connectivity index (χ1v) is 11.9. The summed E-state index contributed by atoms with van der Waals surface area (Å²) in [5.74, 6) is -1.34. The van der Waals surface area contributed by atoms with E-state index in [4.69, 9.17) is 0 Å². The molecule has 0 aromatic heterocycles. The molecule has 1 spiro atoms. The molecule has 7 nitrogen and oxygen atoms in total. The van der Waals surface area contributed by atoms with Crippen LogP contribution in [-0.4, -0.2) is 52.6 Å². The minimum Gasteiger partial charge on any atom is -0.338 e. The molecule has 1 N–H and O–H groups in total. The average molecular weight is 474 g/mol. The number of rotatable bonds is 3. The quantitative estimate of drug-likeness (QED) is 0.695. The molecule has 2 aromatic carbocycles. The number of nitrogens with one attached hydrogen (secondary N) is 1. The Hall–Kier alpha value is -3.81. The summed E-state index contributed by atoms with van der Waals surface area (Å²) >= 11 is 0. The van der Waals surface area contributed by atoms with E-state index in [0.717, 1.165) is 24.0 Å². The number of allylic oxidation sites excluding steroid dienone is 1. The van der Waals surface area contributed by atoms with Gasteiger partial charge in [0.05, 0.1) is 0 Å². The van der Waals surface area contributed by atoms with E-state index in [-0.39, 0.29) is 41.9 Å². The Morgan fingerprint density at radius 2 is 1.86 bits per heavy atom. The van der Waals surface area contributed by atoms with E-state index in [0.29, 0.717) is 30.6 Å². The maximum absolute atomic E-state index is 13.3. The van der Waals surface area contributed by atoms with Crippen molar-refractivity contribution < 1.29 is 23.6 Å². The third kappa shape index (κ3) is 3.64. The predicted octanol–water partition coefficient (Wildman–Crippen LogP) is 2.91. The van der Waals surface area contributed by atoms with Crippen LogP contribution < -0.4 is 5.32 Å². The number of fused-ring (bicyclic) bond motifs is 1. The van der Waals surface area contributed by atoms with Gasteiger partial charge in [0.1, 0.15) is 11.9 Å². The number of carbonyl (C=O) groups is 4. The fourth-order valence-corrected chi connectivity index (χ4v) is 5.79. The maximum atomic E-state index is 13.3. The van der Waals surface area contributed by atoms with Crippen molar-refractivity contribution >= 4 is 29.2 Å². The van der Waals surface area contributed by atoms with Gasteiger partial charge >= 0.3 is 0 Å². The molecule has 35 heavy (non-hydrogen) atoms. The number of piperidine rings is 1. The van der Waals surface area contributed by atoms with Gasteiger partial charge in [0, 0.05) is 42.6 Å². The third-order valence-corrected chi connectivity index (χ3v) is 7.68. The molecule has 4 amide bonds. The first kappa shape index (κ1) is 21.7. The highest BCUT2D eigenvalue weighted by Gasteiger charge is 2.45. The van der Waals surface area contributed by atoms with Crippen molar-refractivity contribution in [2.75, 3.05) is 13.1 Å². The van der Waals surface area contributed by atoms with Crippen molar-refractivity contribution in [3.05, 3.63) is 76.6 Å². The highest BCUT2D eigenvalue weighted by Crippen LogP contribution is 2.50. The number of carbonyl (C=O) groups excluding carboxylic acids is 4. The summed E-state index contributed by atoms with van der Waals surface area (Å²) in [5, 5.41) is 2.30. The van der Waals surface area contributed by atoms with Crippen LogP contribution in [0.5, 0.6) is 0 Å². The molecule has 0 saturated carbocycles. The molecular formula is C27H24FN3O4. The summed E-state index contributed by atoms with van der Waals surface area (Å²) in [6.45, 7) is 1.54. The van der Waals surface area contributed by atoms with Gasteiger partial charge in [-0.2, -0.15) is 0 Å². The number of benzene rings is 2. The SMILES string of the molecule is O=C1CCC(N2Cc3cc(C(=O)N4CCC5(C=C(c6ccc(F)cc6)C5)C4)ccc3C2=O)C(=O)N1. The van der Waals surface area contributed by atoms with E-state index in [1.54, 1.807) is 30.3 Å². The zero-order valence-electron chi connectivity index (χ0n) is 19.1. The molecule has 1 aliphatic carbocycles. The molecule has 0 radical (unpaired) electrons. The van der Waals surface area contributed by atoms with Crippen LogP contribution in [0.1, 0.15) is 57.5 Å². The summed E-state index contributed by atoms with van der Waals surface area (Å²) in [7, 11) is 0. The van der Waals surface area contributed by atoms with Gasteiger partial charge in [-0.15, -0.1) is 0 Å². The number of nitrogens with zero attached hydrogens (tertiary/aromatic N) is 2. The second kappa shape index (κ2) is 7.86. The van der Waals surface area contributed by atoms with E-state index in [9.17, 15) is 23.6 Å². The van der Waals surface area contributed by atoms with Crippen LogP contribution >= 0.6 is 0 Å². The molecule has 2 unspecified atom stereocenters. The fourth-order valence-electron chi connectivity index (χ4n) is 5.79. The van der Waals surface area contributed by atoms with Crippen molar-refractivity contribution in [3.8, 4) is 0 Å². The largest absolute Gasteiger partial charge is 0.338 e. The third-order valence-electron chi connectivity index (χ3n) is 7.68. The number of amides is 4. The molecular weight excluding hydrogens is 449 g/mol. The molecule has 6 rings (SSSR count). The van der Waals surface area contributed by atoms with Gasteiger partial charge in [-0.05, 0) is 66.3 Å². The van der Waals surface area contributed by atoms with Gasteiger partial charge < -0.3 is 9.80 Å². The molecule has 8 heteroatoms. The van der Waals surface area contributed by atoms with E-state index in [2.05, 4.69) is 11.4 Å². The molecule has 0 bridgehead atoms. The lowest BCUT2D eigenvalue weighted by atomic mass is 9.68. The van der Waals surface area contributed by atoms with Crippen molar-refractivity contribution in [2.45, 2.75) is 38.3 Å². The lowest BCUT2D eigenvalue weighted by molar-refractivity contribution is -0.136. The zero-order chi connectivity index (χ0) is 24.3. The first-order valence-electron chi connectivity index (χ1n) is 11.9. The molecule has 2 atom stereocenters. The molecule has 2 saturated heterocycles. The van der Waals surface area contributed by atoms with Crippen LogP contribution in [0.4, 0.5) is 4.39 Å². The van der Waals surface area contributed by atoms with Crippen molar-refractivity contribution in [3.63, 3.8) is 0 Å². The average Bonchev–Trinajstić information content (AvgIpc) is 3.40. The van der Waals surface area contributed by atoms with Crippen LogP contribution in [-0.2, 0) is 16.1 Å². The van der Waals surface area contributed by atoms with Crippen molar-refractivity contribution in [2.24, 2.45) is 5.41 Å². The van der Waals surface area contributed by atoms with E-state index < -0.39 is 11.9 Å². The van der Waals surface area contributed by atoms with Gasteiger partial charge in [-0.3, -0.25) is 24.5 Å². The standard InChI is InChI=1S/C27H24FN3O4/c28-20-4-1-16(2-5-20)19-12-27(13-19)9-10-30(15-27)25(34)17-3-6-21-18(11-17)14-31(26(21)35)22-7-8-23(32)29-24(22)33/h1-6,11-12,22H,7-10,13-15H2,(H,29,32,33). The minimum atomic E-state index is -0.675. The zero-order valence-corrected chi connectivity index (χ0v) is 19.1. The van der Waals surface area contributed by atoms with Gasteiger partial charge in [0.15, 0.2) is 0 Å². The summed E-state index contributed by atoms with van der Waals surface area (Å²) in [6.07, 6.45) is 4.47. The summed E-state index contributed by atoms with van der Waals surface area (Å²) in [5.41, 5.74) is 3.92. The number of likely N-dealkylation sites (tertiary alicyclic amines) is 1. The second-order valence-corrected chi connectivity index (χ2v) is 9.96. The van der Waals surface area contributed by atoms with Crippen LogP contribution in [0.2, 0.25) is 0 Å². The van der Waals surface area contributed by atoms with Crippen LogP contribution in [0.3, 0.4) is 0 Å². The molecule has 178 valence electrons. The molecule has 2 fully saturated rings. The van der Waals surface area contributed by atoms with Crippen LogP contribution in [0, 0.1) is 11.2 Å². The van der Waals surface area contributed by atoms with Crippen LogP contribution in [0.25, 0.3) is 5.57 Å². The molecule has 3 heterocycles. The monoisotopic (exact) mass is 473 g/mol. The van der Waals surface area contributed by atoms with Gasteiger partial charge in [0.25, 0.3) is 11.8 Å². The number of halogens is 1. The fraction of sp³-hybridized carbons (Fsp3) is 0.333. The summed E-state index contributed by atoms with van der Waals surface area (Å²) < 4.78 is 13.2. The lowest BCUT2D eigenvalue weighted by Crippen LogP contribution is -2.52. The van der Waals surface area contributed by atoms with Crippen molar-refractivity contribution in [1.29, 1.82) is 0 Å². The summed E-state index contributed by atoms with van der Waals surface area (Å²) in [6, 6.07) is 10.9. The second-order valence-electron chi connectivity index (χ2n) is 9.96. The first-order chi connectivity index (χ1) is 16.8. The molecule has 2 aromatic rings.